The molecule has 1 fully saturated rings. The van der Waals surface area contributed by atoms with Crippen LogP contribution in [0.25, 0.3) is 0 Å². The van der Waals surface area contributed by atoms with Crippen molar-refractivity contribution < 1.29 is 4.74 Å². The van der Waals surface area contributed by atoms with Gasteiger partial charge in [0.25, 0.3) is 0 Å². The largest absolute Gasteiger partial charge is 0.493 e. The Bertz CT molecular complexity index is 452. The van der Waals surface area contributed by atoms with Gasteiger partial charge in [0.15, 0.2) is 0 Å². The third-order valence-corrected chi connectivity index (χ3v) is 4.81. The Labute approximate surface area is 122 Å². The van der Waals surface area contributed by atoms with Crippen molar-refractivity contribution in [3.05, 3.63) is 29.8 Å². The van der Waals surface area contributed by atoms with E-state index in [1.54, 1.807) is 0 Å². The van der Waals surface area contributed by atoms with E-state index in [-0.39, 0.29) is 0 Å². The second kappa shape index (κ2) is 5.74. The van der Waals surface area contributed by atoms with Gasteiger partial charge < -0.3 is 4.74 Å². The van der Waals surface area contributed by atoms with Crippen molar-refractivity contribution in [3.63, 3.8) is 0 Å². The lowest BCUT2D eigenvalue weighted by molar-refractivity contribution is 0.00901. The molecule has 1 saturated heterocycles. The maximum Gasteiger partial charge on any atom is 0.124 e. The van der Waals surface area contributed by atoms with Crippen LogP contribution in [0.15, 0.2) is 24.3 Å². The normalized spacial score (nSPS) is 34.4. The van der Waals surface area contributed by atoms with Crippen LogP contribution < -0.4 is 10.2 Å². The summed E-state index contributed by atoms with van der Waals surface area (Å²) in [7, 11) is 0. The highest BCUT2D eigenvalue weighted by Crippen LogP contribution is 2.36. The molecular formula is C17H26N2O. The van der Waals surface area contributed by atoms with Crippen LogP contribution >= 0.6 is 0 Å². The van der Waals surface area contributed by atoms with Crippen LogP contribution in [-0.2, 0) is 0 Å². The molecule has 3 heteroatoms. The number of para-hydroxylation sites is 1. The smallest absolute Gasteiger partial charge is 0.124 e. The predicted molar refractivity (Wildman–Crippen MR) is 81.6 cm³/mol. The van der Waals surface area contributed by atoms with Crippen LogP contribution in [0.4, 0.5) is 0 Å². The number of nitrogens with one attached hydrogen (secondary N) is 1. The minimum Gasteiger partial charge on any atom is -0.493 e. The number of fused-ring (bicyclic) bond motifs is 1. The molecule has 0 amide bonds. The fraction of sp³-hybridized carbons (Fsp3) is 0.647. The van der Waals surface area contributed by atoms with Gasteiger partial charge in [0.05, 0.1) is 12.6 Å². The van der Waals surface area contributed by atoms with Crippen molar-refractivity contribution >= 4 is 0 Å². The summed E-state index contributed by atoms with van der Waals surface area (Å²) >= 11 is 0. The number of rotatable bonds is 2. The summed E-state index contributed by atoms with van der Waals surface area (Å²) in [5, 5.41) is 2.48. The number of benzene rings is 1. The summed E-state index contributed by atoms with van der Waals surface area (Å²) in [6.45, 7) is 7.73. The zero-order chi connectivity index (χ0) is 14.1. The molecule has 0 aromatic heterocycles. The van der Waals surface area contributed by atoms with Crippen molar-refractivity contribution in [1.29, 1.82) is 0 Å². The Morgan fingerprint density at radius 1 is 1.10 bits per heavy atom. The molecule has 3 rings (SSSR count). The van der Waals surface area contributed by atoms with Crippen molar-refractivity contribution in [1.82, 2.24) is 10.4 Å². The van der Waals surface area contributed by atoms with Gasteiger partial charge in [-0.05, 0) is 32.8 Å². The number of hydrogen-bond donors (Lipinski definition) is 1. The SMILES string of the molecule is CC1COc2ccccc2C1NN1C(C)CCCC1C. The number of hydrazine groups is 1. The first-order valence-corrected chi connectivity index (χ1v) is 7.93. The van der Waals surface area contributed by atoms with E-state index in [2.05, 4.69) is 55.5 Å². The molecule has 1 aromatic rings. The van der Waals surface area contributed by atoms with Crippen LogP contribution in [-0.4, -0.2) is 23.7 Å². The Balaban J connectivity index is 1.82. The Hall–Kier alpha value is -1.06. The molecule has 1 N–H and O–H groups in total. The van der Waals surface area contributed by atoms with Crippen molar-refractivity contribution in [2.75, 3.05) is 6.61 Å². The molecule has 0 saturated carbocycles. The van der Waals surface area contributed by atoms with E-state index in [1.807, 2.05) is 0 Å². The molecule has 2 aliphatic heterocycles. The molecule has 2 heterocycles. The van der Waals surface area contributed by atoms with Gasteiger partial charge in [-0.1, -0.05) is 31.5 Å². The Kier molecular flexibility index (Phi) is 3.99. The lowest BCUT2D eigenvalue weighted by Crippen LogP contribution is -2.54. The summed E-state index contributed by atoms with van der Waals surface area (Å²) in [5.74, 6) is 1.53. The van der Waals surface area contributed by atoms with Gasteiger partial charge in [0.1, 0.15) is 5.75 Å². The Morgan fingerprint density at radius 2 is 1.80 bits per heavy atom. The highest BCUT2D eigenvalue weighted by molar-refractivity contribution is 5.37. The van der Waals surface area contributed by atoms with E-state index in [1.165, 1.54) is 24.8 Å². The first-order valence-electron chi connectivity index (χ1n) is 7.93. The fourth-order valence-corrected chi connectivity index (χ4v) is 3.53. The lowest BCUT2D eigenvalue weighted by atomic mass is 9.92. The first-order chi connectivity index (χ1) is 9.66. The Morgan fingerprint density at radius 3 is 2.55 bits per heavy atom. The maximum atomic E-state index is 5.85. The number of piperidine rings is 1. The van der Waals surface area contributed by atoms with E-state index >= 15 is 0 Å². The number of ether oxygens (including phenoxy) is 1. The van der Waals surface area contributed by atoms with Crippen LogP contribution in [0, 0.1) is 5.92 Å². The third kappa shape index (κ3) is 2.57. The first kappa shape index (κ1) is 13.9. The zero-order valence-corrected chi connectivity index (χ0v) is 12.8. The summed E-state index contributed by atoms with van der Waals surface area (Å²) in [5.41, 5.74) is 5.12. The molecule has 2 aliphatic rings. The summed E-state index contributed by atoms with van der Waals surface area (Å²) in [6, 6.07) is 10.0. The molecule has 0 bridgehead atoms. The molecule has 110 valence electrons. The topological polar surface area (TPSA) is 24.5 Å². The molecule has 0 radical (unpaired) electrons. The molecule has 3 nitrogen and oxygen atoms in total. The molecular weight excluding hydrogens is 248 g/mol. The van der Waals surface area contributed by atoms with E-state index in [0.29, 0.717) is 24.0 Å². The standard InChI is InChI=1S/C17H26N2O/c1-12-11-20-16-10-5-4-9-15(16)17(12)18-19-13(2)7-6-8-14(19)3/h4-5,9-10,12-14,17-18H,6-8,11H2,1-3H3. The molecule has 1 aromatic carbocycles. The summed E-state index contributed by atoms with van der Waals surface area (Å²) in [6.07, 6.45) is 3.92. The van der Waals surface area contributed by atoms with Crippen molar-refractivity contribution in [2.24, 2.45) is 5.92 Å². The fourth-order valence-electron chi connectivity index (χ4n) is 3.53. The minimum atomic E-state index is 0.364. The van der Waals surface area contributed by atoms with Gasteiger partial charge in [-0.3, -0.25) is 0 Å². The van der Waals surface area contributed by atoms with E-state index < -0.39 is 0 Å². The van der Waals surface area contributed by atoms with Gasteiger partial charge in [0.2, 0.25) is 0 Å². The van der Waals surface area contributed by atoms with Crippen LogP contribution in [0.5, 0.6) is 5.75 Å². The lowest BCUT2D eigenvalue weighted by Gasteiger charge is -2.44. The van der Waals surface area contributed by atoms with Gasteiger partial charge >= 0.3 is 0 Å². The van der Waals surface area contributed by atoms with Gasteiger partial charge in [-0.2, -0.15) is 0 Å². The monoisotopic (exact) mass is 274 g/mol. The summed E-state index contributed by atoms with van der Waals surface area (Å²) < 4.78 is 5.85. The van der Waals surface area contributed by atoms with Crippen LogP contribution in [0.1, 0.15) is 51.6 Å². The average Bonchev–Trinajstić information content (AvgIpc) is 2.45. The van der Waals surface area contributed by atoms with E-state index in [4.69, 9.17) is 4.74 Å². The molecule has 4 unspecified atom stereocenters. The average molecular weight is 274 g/mol. The molecule has 0 spiro atoms. The van der Waals surface area contributed by atoms with Crippen LogP contribution in [0.2, 0.25) is 0 Å². The molecule has 0 aliphatic carbocycles. The van der Waals surface area contributed by atoms with Crippen LogP contribution in [0.3, 0.4) is 0 Å². The second-order valence-electron chi connectivity index (χ2n) is 6.47. The van der Waals surface area contributed by atoms with E-state index in [0.717, 1.165) is 12.4 Å². The predicted octanol–water partition coefficient (Wildman–Crippen LogP) is 3.52. The van der Waals surface area contributed by atoms with Gasteiger partial charge in [-0.25, -0.2) is 10.4 Å². The van der Waals surface area contributed by atoms with Crippen molar-refractivity contribution in [3.8, 4) is 5.75 Å². The molecule has 4 atom stereocenters. The summed E-state index contributed by atoms with van der Waals surface area (Å²) in [4.78, 5) is 0. The third-order valence-electron chi connectivity index (χ3n) is 4.81. The zero-order valence-electron chi connectivity index (χ0n) is 12.8. The quantitative estimate of drug-likeness (QED) is 0.893. The van der Waals surface area contributed by atoms with Gasteiger partial charge in [-0.15, -0.1) is 0 Å². The van der Waals surface area contributed by atoms with E-state index in [9.17, 15) is 0 Å². The maximum absolute atomic E-state index is 5.85. The number of hydrogen-bond acceptors (Lipinski definition) is 3. The highest BCUT2D eigenvalue weighted by Gasteiger charge is 2.33. The molecule has 20 heavy (non-hydrogen) atoms. The highest BCUT2D eigenvalue weighted by atomic mass is 16.5. The van der Waals surface area contributed by atoms with Crippen molar-refractivity contribution in [2.45, 2.75) is 58.2 Å². The minimum absolute atomic E-state index is 0.364. The number of nitrogens with zero attached hydrogens (tertiary/aromatic N) is 1. The van der Waals surface area contributed by atoms with Gasteiger partial charge in [0, 0.05) is 23.6 Å². The second-order valence-corrected chi connectivity index (χ2v) is 6.47.